The van der Waals surface area contributed by atoms with Crippen molar-refractivity contribution in [2.24, 2.45) is 0 Å². The van der Waals surface area contributed by atoms with Crippen LogP contribution in [0.4, 0.5) is 10.5 Å². The van der Waals surface area contributed by atoms with Crippen molar-refractivity contribution in [1.82, 2.24) is 14.9 Å². The molecule has 2 aliphatic rings. The van der Waals surface area contributed by atoms with Crippen molar-refractivity contribution in [2.75, 3.05) is 37.8 Å². The molecule has 2 fully saturated rings. The highest BCUT2D eigenvalue weighted by atomic mass is 16.7. The fourth-order valence-corrected chi connectivity index (χ4v) is 5.70. The van der Waals surface area contributed by atoms with Crippen molar-refractivity contribution in [3.63, 3.8) is 0 Å². The van der Waals surface area contributed by atoms with Crippen LogP contribution in [-0.2, 0) is 54.0 Å². The number of benzene rings is 1. The third kappa shape index (κ3) is 7.71. The van der Waals surface area contributed by atoms with Gasteiger partial charge in [0.1, 0.15) is 6.10 Å². The van der Waals surface area contributed by atoms with E-state index in [0.29, 0.717) is 24.3 Å². The first kappa shape index (κ1) is 37.4. The lowest BCUT2D eigenvalue weighted by atomic mass is 9.91. The number of anilines is 1. The minimum atomic E-state index is -2.49. The summed E-state index contributed by atoms with van der Waals surface area (Å²) >= 11 is 0. The molecule has 4 rings (SSSR count). The molecule has 0 spiro atoms. The van der Waals surface area contributed by atoms with Crippen LogP contribution in [-0.4, -0.2) is 95.8 Å². The second-order valence-corrected chi connectivity index (χ2v) is 11.3. The topological polar surface area (TPSA) is 211 Å². The van der Waals surface area contributed by atoms with Crippen LogP contribution in [0.3, 0.4) is 0 Å². The van der Waals surface area contributed by atoms with Gasteiger partial charge in [-0.2, -0.15) is 0 Å². The summed E-state index contributed by atoms with van der Waals surface area (Å²) in [6, 6.07) is 7.21. The van der Waals surface area contributed by atoms with E-state index in [9.17, 15) is 33.6 Å². The van der Waals surface area contributed by atoms with E-state index < -0.39 is 77.8 Å². The standard InChI is InChI=1S/C33H38N4O13/c1-6-32(50-21(5)39)24(49-27(26(32)48-20(4)38)37-17-14-25(40)35-31(37)44)19-47-33(28(41)45-7-2,29(42)46-8-3)18-22-10-12-23(13-11-22)36-16-9-15-34-30(36)43/h1,10-14,17,24,26-27H,7-9,15-16,18-19H2,2-5H3,(H,34,43)(H,35,40,44)/t24-,26+,27-,32-/m1/s1. The number of aromatic amines is 1. The zero-order valence-electron chi connectivity index (χ0n) is 27.9. The second kappa shape index (κ2) is 15.8. The second-order valence-electron chi connectivity index (χ2n) is 11.3. The Morgan fingerprint density at radius 2 is 1.68 bits per heavy atom. The first-order valence-electron chi connectivity index (χ1n) is 15.8. The fourth-order valence-electron chi connectivity index (χ4n) is 5.70. The fraction of sp³-hybridized carbons (Fsp3) is 0.485. The van der Waals surface area contributed by atoms with Gasteiger partial charge in [-0.15, -0.1) is 6.42 Å². The van der Waals surface area contributed by atoms with Crippen LogP contribution in [0.25, 0.3) is 0 Å². The molecule has 268 valence electrons. The summed E-state index contributed by atoms with van der Waals surface area (Å²) in [5.41, 5.74) is -5.52. The van der Waals surface area contributed by atoms with Crippen molar-refractivity contribution in [3.05, 3.63) is 62.9 Å². The third-order valence-electron chi connectivity index (χ3n) is 7.89. The number of H-pyrrole nitrogens is 1. The summed E-state index contributed by atoms with van der Waals surface area (Å²) in [4.78, 5) is 92.7. The Kier molecular flexibility index (Phi) is 11.8. The molecular formula is C33H38N4O13. The lowest BCUT2D eigenvalue weighted by molar-refractivity contribution is -0.200. The van der Waals surface area contributed by atoms with E-state index in [2.05, 4.69) is 16.2 Å². The number of ether oxygens (including phenoxy) is 6. The minimum Gasteiger partial charge on any atom is -0.463 e. The van der Waals surface area contributed by atoms with E-state index in [1.54, 1.807) is 29.2 Å². The average molecular weight is 699 g/mol. The van der Waals surface area contributed by atoms with Gasteiger partial charge in [-0.3, -0.25) is 28.8 Å². The van der Waals surface area contributed by atoms with Crippen LogP contribution in [0, 0.1) is 12.3 Å². The molecule has 1 aromatic heterocycles. The van der Waals surface area contributed by atoms with Crippen LogP contribution >= 0.6 is 0 Å². The summed E-state index contributed by atoms with van der Waals surface area (Å²) in [7, 11) is 0. The summed E-state index contributed by atoms with van der Waals surface area (Å²) in [5, 5.41) is 2.77. The average Bonchev–Trinajstić information content (AvgIpc) is 3.35. The van der Waals surface area contributed by atoms with E-state index in [4.69, 9.17) is 34.8 Å². The van der Waals surface area contributed by atoms with Crippen LogP contribution in [0.5, 0.6) is 0 Å². The van der Waals surface area contributed by atoms with Crippen molar-refractivity contribution < 1.29 is 52.4 Å². The Labute approximate surface area is 286 Å². The number of hydrogen-bond donors (Lipinski definition) is 2. The molecular weight excluding hydrogens is 660 g/mol. The van der Waals surface area contributed by atoms with Gasteiger partial charge in [-0.05, 0) is 38.0 Å². The van der Waals surface area contributed by atoms with Crippen molar-refractivity contribution in [1.29, 1.82) is 0 Å². The van der Waals surface area contributed by atoms with E-state index >= 15 is 0 Å². The van der Waals surface area contributed by atoms with Crippen LogP contribution in [0.2, 0.25) is 0 Å². The number of esters is 4. The molecule has 1 aromatic carbocycles. The van der Waals surface area contributed by atoms with E-state index in [-0.39, 0.29) is 19.2 Å². The molecule has 50 heavy (non-hydrogen) atoms. The lowest BCUT2D eigenvalue weighted by Crippen LogP contribution is -2.57. The number of urea groups is 1. The predicted molar refractivity (Wildman–Crippen MR) is 172 cm³/mol. The van der Waals surface area contributed by atoms with Gasteiger partial charge < -0.3 is 33.7 Å². The number of carbonyl (C=O) groups excluding carboxylic acids is 5. The quantitative estimate of drug-likeness (QED) is 0.125. The van der Waals surface area contributed by atoms with Gasteiger partial charge in [0.2, 0.25) is 11.7 Å². The van der Waals surface area contributed by atoms with Gasteiger partial charge in [0.05, 0.1) is 19.8 Å². The van der Waals surface area contributed by atoms with E-state index in [1.807, 2.05) is 0 Å². The zero-order chi connectivity index (χ0) is 36.6. The van der Waals surface area contributed by atoms with Crippen LogP contribution < -0.4 is 21.5 Å². The molecule has 0 radical (unpaired) electrons. The highest BCUT2D eigenvalue weighted by molar-refractivity contribution is 6.04. The normalized spacial score (nSPS) is 21.8. The summed E-state index contributed by atoms with van der Waals surface area (Å²) in [6.45, 7) is 5.07. The third-order valence-corrected chi connectivity index (χ3v) is 7.89. The van der Waals surface area contributed by atoms with Gasteiger partial charge in [-0.25, -0.2) is 19.2 Å². The van der Waals surface area contributed by atoms with Crippen molar-refractivity contribution >= 4 is 35.6 Å². The number of terminal acetylenes is 1. The van der Waals surface area contributed by atoms with Gasteiger partial charge in [0.15, 0.2) is 6.23 Å². The SMILES string of the molecule is C#C[C@@]1(OC(C)=O)[C@@H](COC(Cc2ccc(N3CCCNC3=O)cc2)(C(=O)OCC)C(=O)OCC)O[C@@H](n2ccc(=O)[nH]c2=O)[C@@H]1OC(C)=O. The monoisotopic (exact) mass is 698 g/mol. The lowest BCUT2D eigenvalue weighted by Gasteiger charge is -2.35. The molecule has 0 bridgehead atoms. The number of nitrogens with one attached hydrogen (secondary N) is 2. The number of carbonyl (C=O) groups is 5. The van der Waals surface area contributed by atoms with Gasteiger partial charge in [0.25, 0.3) is 11.2 Å². The Bertz CT molecular complexity index is 1740. The number of amides is 2. The van der Waals surface area contributed by atoms with Gasteiger partial charge >= 0.3 is 35.6 Å². The maximum atomic E-state index is 13.7. The Morgan fingerprint density at radius 3 is 2.22 bits per heavy atom. The predicted octanol–water partition coefficient (Wildman–Crippen LogP) is 0.345. The molecule has 2 amide bonds. The van der Waals surface area contributed by atoms with E-state index in [1.165, 1.54) is 13.8 Å². The van der Waals surface area contributed by atoms with Gasteiger partial charge in [-0.1, -0.05) is 18.1 Å². The molecule has 0 unspecified atom stereocenters. The molecule has 2 N–H and O–H groups in total. The molecule has 2 aromatic rings. The highest BCUT2D eigenvalue weighted by Crippen LogP contribution is 2.42. The summed E-state index contributed by atoms with van der Waals surface area (Å²) in [6.07, 6.45) is 2.40. The smallest absolute Gasteiger partial charge is 0.350 e. The largest absolute Gasteiger partial charge is 0.463 e. The van der Waals surface area contributed by atoms with Crippen molar-refractivity contribution in [2.45, 2.75) is 70.2 Å². The Balaban J connectivity index is 1.78. The summed E-state index contributed by atoms with van der Waals surface area (Å²) in [5.74, 6) is -1.79. The van der Waals surface area contributed by atoms with E-state index in [0.717, 1.165) is 37.1 Å². The molecule has 2 aliphatic heterocycles. The molecule has 17 nitrogen and oxygen atoms in total. The number of hydrogen-bond acceptors (Lipinski definition) is 13. The van der Waals surface area contributed by atoms with Gasteiger partial charge in [0, 0.05) is 51.3 Å². The Hall–Kier alpha value is -5.47. The first-order valence-corrected chi connectivity index (χ1v) is 15.8. The first-order chi connectivity index (χ1) is 23.8. The van der Waals surface area contributed by atoms with Crippen LogP contribution in [0.15, 0.2) is 46.1 Å². The number of rotatable bonds is 13. The number of nitrogens with zero attached hydrogens (tertiary/aromatic N) is 2. The molecule has 3 heterocycles. The molecule has 4 atom stereocenters. The molecule has 0 saturated carbocycles. The maximum absolute atomic E-state index is 13.7. The Morgan fingerprint density at radius 1 is 1.02 bits per heavy atom. The van der Waals surface area contributed by atoms with Crippen LogP contribution in [0.1, 0.15) is 45.9 Å². The number of aromatic nitrogens is 2. The zero-order valence-corrected chi connectivity index (χ0v) is 27.9. The molecule has 0 aliphatic carbocycles. The minimum absolute atomic E-state index is 0.153. The summed E-state index contributed by atoms with van der Waals surface area (Å²) < 4.78 is 34.6. The molecule has 2 saturated heterocycles. The van der Waals surface area contributed by atoms with Crippen molar-refractivity contribution in [3.8, 4) is 12.3 Å². The molecule has 17 heteroatoms. The highest BCUT2D eigenvalue weighted by Gasteiger charge is 2.63. The maximum Gasteiger partial charge on any atom is 0.350 e.